The van der Waals surface area contributed by atoms with Crippen LogP contribution in [0, 0.1) is 0 Å². The Bertz CT molecular complexity index is 402. The van der Waals surface area contributed by atoms with Crippen molar-refractivity contribution in [2.75, 3.05) is 41.0 Å². The average Bonchev–Trinajstić information content (AvgIpc) is 2.37. The smallest absolute Gasteiger partial charge is 0.123 e. The van der Waals surface area contributed by atoms with Crippen LogP contribution in [0.3, 0.4) is 0 Å². The van der Waals surface area contributed by atoms with Crippen LogP contribution in [0.2, 0.25) is 0 Å². The minimum absolute atomic E-state index is 0.0584. The lowest BCUT2D eigenvalue weighted by atomic mass is 9.75. The van der Waals surface area contributed by atoms with Gasteiger partial charge in [0.15, 0.2) is 0 Å². The van der Waals surface area contributed by atoms with E-state index in [1.165, 1.54) is 5.56 Å². The third-order valence-corrected chi connectivity index (χ3v) is 3.59. The van der Waals surface area contributed by atoms with Crippen LogP contribution in [0.4, 0.5) is 0 Å². The second kappa shape index (κ2) is 5.59. The van der Waals surface area contributed by atoms with E-state index in [0.29, 0.717) is 0 Å². The molecule has 1 fully saturated rings. The number of methoxy groups -OCH3 is 2. The topological polar surface area (TPSA) is 39.7 Å². The van der Waals surface area contributed by atoms with E-state index in [1.54, 1.807) is 14.2 Å². The highest BCUT2D eigenvalue weighted by Gasteiger charge is 2.42. The molecule has 0 amide bonds. The normalized spacial score (nSPS) is 17.1. The maximum Gasteiger partial charge on any atom is 0.123 e. The summed E-state index contributed by atoms with van der Waals surface area (Å²) in [6.45, 7) is 2.46. The van der Waals surface area contributed by atoms with E-state index in [4.69, 9.17) is 14.2 Å². The highest BCUT2D eigenvalue weighted by Crippen LogP contribution is 2.42. The van der Waals surface area contributed by atoms with Gasteiger partial charge >= 0.3 is 0 Å². The van der Waals surface area contributed by atoms with Crippen LogP contribution in [-0.4, -0.2) is 41.0 Å². The van der Waals surface area contributed by atoms with Crippen molar-refractivity contribution in [1.29, 1.82) is 0 Å². The molecule has 0 spiro atoms. The van der Waals surface area contributed by atoms with E-state index < -0.39 is 0 Å². The zero-order valence-electron chi connectivity index (χ0n) is 11.3. The third-order valence-electron chi connectivity index (χ3n) is 3.59. The van der Waals surface area contributed by atoms with Gasteiger partial charge in [0.1, 0.15) is 11.5 Å². The first-order valence-corrected chi connectivity index (χ1v) is 6.20. The summed E-state index contributed by atoms with van der Waals surface area (Å²) < 4.78 is 16.2. The van der Waals surface area contributed by atoms with Crippen LogP contribution in [0.1, 0.15) is 12.0 Å². The molecule has 0 aromatic heterocycles. The molecule has 1 heterocycles. The molecule has 1 aromatic rings. The molecule has 4 nitrogen and oxygen atoms in total. The fourth-order valence-corrected chi connectivity index (χ4v) is 2.38. The van der Waals surface area contributed by atoms with Gasteiger partial charge in [-0.15, -0.1) is 0 Å². The minimum atomic E-state index is 0.0584. The zero-order chi connectivity index (χ0) is 13.0. The maximum atomic E-state index is 5.48. The quantitative estimate of drug-likeness (QED) is 0.833. The summed E-state index contributed by atoms with van der Waals surface area (Å²) in [6, 6.07) is 5.96. The van der Waals surface area contributed by atoms with Gasteiger partial charge in [0.05, 0.1) is 27.4 Å². The van der Waals surface area contributed by atoms with Crippen molar-refractivity contribution in [2.24, 2.45) is 0 Å². The van der Waals surface area contributed by atoms with Gasteiger partial charge in [0.2, 0.25) is 0 Å². The first-order valence-electron chi connectivity index (χ1n) is 6.20. The molecular formula is C14H21NO3. The fourth-order valence-electron chi connectivity index (χ4n) is 2.38. The summed E-state index contributed by atoms with van der Waals surface area (Å²) in [5, 5.41) is 3.20. The van der Waals surface area contributed by atoms with E-state index in [0.717, 1.165) is 37.7 Å². The summed E-state index contributed by atoms with van der Waals surface area (Å²) in [5.74, 6) is 1.77. The van der Waals surface area contributed by atoms with Crippen molar-refractivity contribution in [2.45, 2.75) is 11.8 Å². The third kappa shape index (κ3) is 2.31. The van der Waals surface area contributed by atoms with Crippen LogP contribution in [0.15, 0.2) is 18.2 Å². The molecule has 1 aliphatic heterocycles. The summed E-state index contributed by atoms with van der Waals surface area (Å²) >= 11 is 0. The van der Waals surface area contributed by atoms with Gasteiger partial charge in [-0.25, -0.2) is 0 Å². The van der Waals surface area contributed by atoms with Crippen molar-refractivity contribution < 1.29 is 14.2 Å². The van der Waals surface area contributed by atoms with E-state index in [2.05, 4.69) is 11.4 Å². The van der Waals surface area contributed by atoms with Crippen molar-refractivity contribution in [3.05, 3.63) is 23.8 Å². The number of ether oxygens (including phenoxy) is 3. The lowest BCUT2D eigenvalue weighted by Crippen LogP contribution is -2.48. The zero-order valence-corrected chi connectivity index (χ0v) is 11.3. The monoisotopic (exact) mass is 251 g/mol. The standard InChI is InChI=1S/C14H21NO3/c1-15-7-6-14(9-18-10-14)12-8-11(16-2)4-5-13(12)17-3/h4-5,8,15H,6-7,9-10H2,1-3H3. The lowest BCUT2D eigenvalue weighted by molar-refractivity contribution is -0.0647. The molecule has 0 bridgehead atoms. The van der Waals surface area contributed by atoms with Crippen LogP contribution in [-0.2, 0) is 10.2 Å². The Kier molecular flexibility index (Phi) is 4.09. The molecule has 0 aliphatic carbocycles. The first kappa shape index (κ1) is 13.2. The van der Waals surface area contributed by atoms with Gasteiger partial charge < -0.3 is 19.5 Å². The van der Waals surface area contributed by atoms with Crippen molar-refractivity contribution in [1.82, 2.24) is 5.32 Å². The van der Waals surface area contributed by atoms with E-state index in [1.807, 2.05) is 19.2 Å². The minimum Gasteiger partial charge on any atom is -0.497 e. The second-order valence-corrected chi connectivity index (χ2v) is 4.69. The van der Waals surface area contributed by atoms with E-state index in [-0.39, 0.29) is 5.41 Å². The molecule has 1 saturated heterocycles. The molecule has 0 atom stereocenters. The van der Waals surface area contributed by atoms with Gasteiger partial charge in [0, 0.05) is 11.0 Å². The van der Waals surface area contributed by atoms with Crippen LogP contribution < -0.4 is 14.8 Å². The molecule has 2 rings (SSSR count). The molecule has 0 saturated carbocycles. The predicted octanol–water partition coefficient (Wildman–Crippen LogP) is 1.58. The molecule has 0 radical (unpaired) electrons. The number of benzene rings is 1. The van der Waals surface area contributed by atoms with Crippen molar-refractivity contribution in [3.63, 3.8) is 0 Å². The van der Waals surface area contributed by atoms with Crippen LogP contribution in [0.25, 0.3) is 0 Å². The maximum absolute atomic E-state index is 5.48. The van der Waals surface area contributed by atoms with E-state index >= 15 is 0 Å². The van der Waals surface area contributed by atoms with Crippen LogP contribution in [0.5, 0.6) is 11.5 Å². The number of rotatable bonds is 6. The number of hydrogen-bond donors (Lipinski definition) is 1. The summed E-state index contributed by atoms with van der Waals surface area (Å²) in [6.07, 6.45) is 1.03. The molecule has 0 unspecified atom stereocenters. The number of hydrogen-bond acceptors (Lipinski definition) is 4. The van der Waals surface area contributed by atoms with Gasteiger partial charge in [-0.3, -0.25) is 0 Å². The van der Waals surface area contributed by atoms with Crippen LogP contribution >= 0.6 is 0 Å². The summed E-state index contributed by atoms with van der Waals surface area (Å²) in [4.78, 5) is 0. The van der Waals surface area contributed by atoms with Gasteiger partial charge in [-0.1, -0.05) is 0 Å². The Hall–Kier alpha value is -1.26. The molecule has 4 heteroatoms. The largest absolute Gasteiger partial charge is 0.497 e. The first-order chi connectivity index (χ1) is 8.75. The lowest BCUT2D eigenvalue weighted by Gasteiger charge is -2.42. The van der Waals surface area contributed by atoms with Gasteiger partial charge in [-0.05, 0) is 38.2 Å². The molecule has 1 N–H and O–H groups in total. The van der Waals surface area contributed by atoms with Gasteiger partial charge in [0.25, 0.3) is 0 Å². The Morgan fingerprint density at radius 1 is 1.28 bits per heavy atom. The van der Waals surface area contributed by atoms with E-state index in [9.17, 15) is 0 Å². The SMILES string of the molecule is CNCCC1(c2cc(OC)ccc2OC)COC1. The van der Waals surface area contributed by atoms with Crippen molar-refractivity contribution >= 4 is 0 Å². The molecule has 100 valence electrons. The Balaban J connectivity index is 2.33. The Morgan fingerprint density at radius 2 is 2.06 bits per heavy atom. The molecule has 18 heavy (non-hydrogen) atoms. The van der Waals surface area contributed by atoms with Gasteiger partial charge in [-0.2, -0.15) is 0 Å². The molecule has 1 aliphatic rings. The fraction of sp³-hybridized carbons (Fsp3) is 0.571. The Labute approximate surface area is 108 Å². The highest BCUT2D eigenvalue weighted by molar-refractivity contribution is 5.46. The highest BCUT2D eigenvalue weighted by atomic mass is 16.5. The summed E-state index contributed by atoms with van der Waals surface area (Å²) in [5.41, 5.74) is 1.24. The molecule has 1 aromatic carbocycles. The Morgan fingerprint density at radius 3 is 2.56 bits per heavy atom. The molecular weight excluding hydrogens is 230 g/mol. The second-order valence-electron chi connectivity index (χ2n) is 4.69. The average molecular weight is 251 g/mol. The summed E-state index contributed by atoms with van der Waals surface area (Å²) in [7, 11) is 5.36. The number of nitrogens with one attached hydrogen (secondary N) is 1. The van der Waals surface area contributed by atoms with Crippen molar-refractivity contribution in [3.8, 4) is 11.5 Å². The predicted molar refractivity (Wildman–Crippen MR) is 70.6 cm³/mol.